The zero-order valence-corrected chi connectivity index (χ0v) is 17.3. The molecule has 150 valence electrons. The maximum atomic E-state index is 14.0. The highest BCUT2D eigenvalue weighted by atomic mass is 35.5. The van der Waals surface area contributed by atoms with E-state index in [-0.39, 0.29) is 23.7 Å². The van der Waals surface area contributed by atoms with Crippen LogP contribution in [0.4, 0.5) is 4.39 Å². The molecule has 3 nitrogen and oxygen atoms in total. The molecular weight excluding hydrogens is 375 g/mol. The van der Waals surface area contributed by atoms with Crippen molar-refractivity contribution in [1.82, 2.24) is 10.2 Å². The number of aryl methyl sites for hydroxylation is 1. The topological polar surface area (TPSA) is 32.3 Å². The van der Waals surface area contributed by atoms with Crippen molar-refractivity contribution in [2.24, 2.45) is 5.92 Å². The van der Waals surface area contributed by atoms with Gasteiger partial charge in [0.25, 0.3) is 0 Å². The quantitative estimate of drug-likeness (QED) is 0.714. The highest BCUT2D eigenvalue weighted by Gasteiger charge is 2.27. The molecular formula is C23H28ClFN2O. The second-order valence-corrected chi connectivity index (χ2v) is 8.05. The first kappa shape index (κ1) is 20.8. The van der Waals surface area contributed by atoms with Crippen molar-refractivity contribution in [3.05, 3.63) is 70.0 Å². The number of nitrogens with zero attached hydrogens (tertiary/aromatic N) is 1. The van der Waals surface area contributed by atoms with Gasteiger partial charge < -0.3 is 5.32 Å². The van der Waals surface area contributed by atoms with Gasteiger partial charge in [-0.1, -0.05) is 48.9 Å². The SMILES string of the molecule is CCC(NC(=O)C1CCN(Cc2ccc(Cl)cc2F)CC1)c1ccccc1C. The zero-order chi connectivity index (χ0) is 20.1. The zero-order valence-electron chi connectivity index (χ0n) is 16.6. The number of benzene rings is 2. The predicted molar refractivity (Wildman–Crippen MR) is 112 cm³/mol. The minimum atomic E-state index is -0.267. The van der Waals surface area contributed by atoms with Gasteiger partial charge in [0.2, 0.25) is 5.91 Å². The standard InChI is InChI=1S/C23H28ClFN2O/c1-3-22(20-7-5-4-6-16(20)2)26-23(28)17-10-12-27(13-11-17)15-18-8-9-19(24)14-21(18)25/h4-9,14,17,22H,3,10-13,15H2,1-2H3,(H,26,28). The van der Waals surface area contributed by atoms with E-state index in [1.54, 1.807) is 12.1 Å². The first-order valence-electron chi connectivity index (χ1n) is 10.00. The van der Waals surface area contributed by atoms with Crippen LogP contribution in [0, 0.1) is 18.7 Å². The summed E-state index contributed by atoms with van der Waals surface area (Å²) in [6.45, 7) is 6.32. The number of rotatable bonds is 6. The van der Waals surface area contributed by atoms with Crippen LogP contribution in [0.3, 0.4) is 0 Å². The summed E-state index contributed by atoms with van der Waals surface area (Å²) < 4.78 is 14.0. The Morgan fingerprint density at radius 3 is 2.61 bits per heavy atom. The van der Waals surface area contributed by atoms with Crippen LogP contribution < -0.4 is 5.32 Å². The Hall–Kier alpha value is -1.91. The predicted octanol–water partition coefficient (Wildman–Crippen LogP) is 5.27. The number of piperidine rings is 1. The molecule has 0 aromatic heterocycles. The highest BCUT2D eigenvalue weighted by Crippen LogP contribution is 2.25. The van der Waals surface area contributed by atoms with Crippen LogP contribution >= 0.6 is 11.6 Å². The average molecular weight is 403 g/mol. The lowest BCUT2D eigenvalue weighted by molar-refractivity contribution is -0.127. The summed E-state index contributed by atoms with van der Waals surface area (Å²) in [6.07, 6.45) is 2.46. The summed E-state index contributed by atoms with van der Waals surface area (Å²) in [5.41, 5.74) is 3.04. The van der Waals surface area contributed by atoms with Gasteiger partial charge in [0, 0.05) is 23.0 Å². The molecule has 1 amide bonds. The van der Waals surface area contributed by atoms with Crippen LogP contribution in [0.25, 0.3) is 0 Å². The van der Waals surface area contributed by atoms with Crippen LogP contribution in [0.1, 0.15) is 48.9 Å². The maximum absolute atomic E-state index is 14.0. The van der Waals surface area contributed by atoms with E-state index in [1.165, 1.54) is 17.2 Å². The Balaban J connectivity index is 1.54. The third-order valence-electron chi connectivity index (χ3n) is 5.66. The van der Waals surface area contributed by atoms with Crippen molar-refractivity contribution in [2.45, 2.75) is 45.7 Å². The summed E-state index contributed by atoms with van der Waals surface area (Å²) in [6, 6.07) is 13.1. The number of carbonyl (C=O) groups is 1. The lowest BCUT2D eigenvalue weighted by atomic mass is 9.93. The summed E-state index contributed by atoms with van der Waals surface area (Å²) >= 11 is 5.82. The molecule has 28 heavy (non-hydrogen) atoms. The fourth-order valence-electron chi connectivity index (χ4n) is 3.91. The van der Waals surface area contributed by atoms with E-state index in [2.05, 4.69) is 36.2 Å². The summed E-state index contributed by atoms with van der Waals surface area (Å²) in [4.78, 5) is 15.0. The molecule has 0 saturated carbocycles. The summed E-state index contributed by atoms with van der Waals surface area (Å²) in [5, 5.41) is 3.65. The minimum Gasteiger partial charge on any atom is -0.349 e. The molecule has 1 unspecified atom stereocenters. The molecule has 0 bridgehead atoms. The molecule has 0 aliphatic carbocycles. The van der Waals surface area contributed by atoms with E-state index in [4.69, 9.17) is 11.6 Å². The molecule has 1 aliphatic heterocycles. The van der Waals surface area contributed by atoms with Crippen LogP contribution in [0.15, 0.2) is 42.5 Å². The van der Waals surface area contributed by atoms with E-state index in [0.29, 0.717) is 17.1 Å². The lowest BCUT2D eigenvalue weighted by Crippen LogP contribution is -2.41. The fourth-order valence-corrected chi connectivity index (χ4v) is 4.07. The second-order valence-electron chi connectivity index (χ2n) is 7.61. The second kappa shape index (κ2) is 9.53. The molecule has 1 N–H and O–H groups in total. The summed E-state index contributed by atoms with van der Waals surface area (Å²) in [7, 11) is 0. The third-order valence-corrected chi connectivity index (χ3v) is 5.89. The third kappa shape index (κ3) is 5.12. The van der Waals surface area contributed by atoms with Gasteiger partial charge in [0.1, 0.15) is 5.82 Å². The molecule has 3 rings (SSSR count). The van der Waals surface area contributed by atoms with Gasteiger partial charge in [-0.15, -0.1) is 0 Å². The molecule has 1 heterocycles. The first-order chi connectivity index (χ1) is 13.5. The fraction of sp³-hybridized carbons (Fsp3) is 0.435. The van der Waals surface area contributed by atoms with E-state index in [0.717, 1.165) is 32.4 Å². The van der Waals surface area contributed by atoms with Gasteiger partial charge in [0.15, 0.2) is 0 Å². The Morgan fingerprint density at radius 1 is 1.25 bits per heavy atom. The highest BCUT2D eigenvalue weighted by molar-refractivity contribution is 6.30. The van der Waals surface area contributed by atoms with Gasteiger partial charge in [-0.3, -0.25) is 9.69 Å². The van der Waals surface area contributed by atoms with Gasteiger partial charge in [-0.2, -0.15) is 0 Å². The van der Waals surface area contributed by atoms with Crippen LogP contribution in [0.5, 0.6) is 0 Å². The normalized spacial score (nSPS) is 16.7. The number of likely N-dealkylation sites (tertiary alicyclic amines) is 1. The number of carbonyl (C=O) groups excluding carboxylic acids is 1. The Kier molecular flexibility index (Phi) is 7.08. The molecule has 0 radical (unpaired) electrons. The lowest BCUT2D eigenvalue weighted by Gasteiger charge is -2.32. The molecule has 1 aliphatic rings. The summed E-state index contributed by atoms with van der Waals surface area (Å²) in [5.74, 6) is -0.117. The number of hydrogen-bond donors (Lipinski definition) is 1. The van der Waals surface area contributed by atoms with Crippen molar-refractivity contribution in [1.29, 1.82) is 0 Å². The minimum absolute atomic E-state index is 0.0179. The van der Waals surface area contributed by atoms with Crippen molar-refractivity contribution in [2.75, 3.05) is 13.1 Å². The van der Waals surface area contributed by atoms with E-state index < -0.39 is 0 Å². The smallest absolute Gasteiger partial charge is 0.223 e. The van der Waals surface area contributed by atoms with Crippen LogP contribution in [-0.2, 0) is 11.3 Å². The van der Waals surface area contributed by atoms with E-state index >= 15 is 0 Å². The first-order valence-corrected chi connectivity index (χ1v) is 10.4. The monoisotopic (exact) mass is 402 g/mol. The molecule has 0 spiro atoms. The van der Waals surface area contributed by atoms with E-state index in [1.807, 2.05) is 12.1 Å². The van der Waals surface area contributed by atoms with E-state index in [9.17, 15) is 9.18 Å². The number of hydrogen-bond acceptors (Lipinski definition) is 2. The molecule has 2 aromatic carbocycles. The Morgan fingerprint density at radius 2 is 1.96 bits per heavy atom. The van der Waals surface area contributed by atoms with Crippen molar-refractivity contribution in [3.8, 4) is 0 Å². The molecule has 2 aromatic rings. The number of halogens is 2. The maximum Gasteiger partial charge on any atom is 0.223 e. The van der Waals surface area contributed by atoms with Crippen molar-refractivity contribution < 1.29 is 9.18 Å². The average Bonchev–Trinajstić information content (AvgIpc) is 2.69. The molecule has 1 atom stereocenters. The number of amides is 1. The van der Waals surface area contributed by atoms with Gasteiger partial charge in [-0.05, 0) is 62.5 Å². The van der Waals surface area contributed by atoms with Crippen molar-refractivity contribution >= 4 is 17.5 Å². The van der Waals surface area contributed by atoms with Crippen LogP contribution in [-0.4, -0.2) is 23.9 Å². The Bertz CT molecular complexity index is 818. The molecule has 5 heteroatoms. The van der Waals surface area contributed by atoms with Gasteiger partial charge >= 0.3 is 0 Å². The number of nitrogens with one attached hydrogen (secondary N) is 1. The molecule has 1 fully saturated rings. The van der Waals surface area contributed by atoms with Crippen LogP contribution in [0.2, 0.25) is 5.02 Å². The van der Waals surface area contributed by atoms with Gasteiger partial charge in [-0.25, -0.2) is 4.39 Å². The largest absolute Gasteiger partial charge is 0.349 e. The Labute approximate surface area is 171 Å². The van der Waals surface area contributed by atoms with Crippen molar-refractivity contribution in [3.63, 3.8) is 0 Å². The van der Waals surface area contributed by atoms with Gasteiger partial charge in [0.05, 0.1) is 6.04 Å². The molecule has 1 saturated heterocycles.